The molecule has 0 unspecified atom stereocenters. The van der Waals surface area contributed by atoms with Crippen molar-refractivity contribution in [2.45, 2.75) is 13.5 Å². The summed E-state index contributed by atoms with van der Waals surface area (Å²) in [4.78, 5) is 17.5. The van der Waals surface area contributed by atoms with E-state index >= 15 is 0 Å². The first kappa shape index (κ1) is 18.6. The highest BCUT2D eigenvalue weighted by Gasteiger charge is 2.25. The molecule has 0 aliphatic carbocycles. The predicted octanol–water partition coefficient (Wildman–Crippen LogP) is 3.45. The second kappa shape index (κ2) is 7.68. The maximum Gasteiger partial charge on any atom is 0.270 e. The topological polar surface area (TPSA) is 37.7 Å². The molecule has 0 saturated carbocycles. The van der Waals surface area contributed by atoms with Crippen molar-refractivity contribution < 1.29 is 9.53 Å². The molecular formula is C23H27N3O2. The van der Waals surface area contributed by atoms with E-state index in [0.717, 1.165) is 49.4 Å². The van der Waals surface area contributed by atoms with Crippen molar-refractivity contribution in [2.75, 3.05) is 33.3 Å². The molecule has 0 radical (unpaired) electrons. The fourth-order valence-electron chi connectivity index (χ4n) is 4.06. The lowest BCUT2D eigenvalue weighted by Crippen LogP contribution is -2.48. The Balaban J connectivity index is 1.46. The van der Waals surface area contributed by atoms with Crippen molar-refractivity contribution in [1.82, 2.24) is 14.4 Å². The summed E-state index contributed by atoms with van der Waals surface area (Å²) in [6.45, 7) is 6.36. The standard InChI is InChI=1S/C23H27N3O2/c1-17-6-4-7-18(14-17)16-25-10-12-26(13-11-25)23(27)21-15-19-20(24(21)2)8-5-9-22(19)28-3/h4-9,14-15H,10-13,16H2,1-3H3. The summed E-state index contributed by atoms with van der Waals surface area (Å²) in [6.07, 6.45) is 0. The smallest absolute Gasteiger partial charge is 0.270 e. The van der Waals surface area contributed by atoms with E-state index in [-0.39, 0.29) is 5.91 Å². The predicted molar refractivity (Wildman–Crippen MR) is 112 cm³/mol. The third-order valence-corrected chi connectivity index (χ3v) is 5.63. The van der Waals surface area contributed by atoms with Crippen LogP contribution in [0, 0.1) is 6.92 Å². The van der Waals surface area contributed by atoms with Crippen molar-refractivity contribution >= 4 is 16.8 Å². The van der Waals surface area contributed by atoms with E-state index in [2.05, 4.69) is 36.1 Å². The molecule has 146 valence electrons. The van der Waals surface area contributed by atoms with Crippen LogP contribution < -0.4 is 4.74 Å². The maximum atomic E-state index is 13.1. The van der Waals surface area contributed by atoms with Crippen molar-refractivity contribution in [1.29, 1.82) is 0 Å². The number of methoxy groups -OCH3 is 1. The summed E-state index contributed by atoms with van der Waals surface area (Å²) >= 11 is 0. The highest BCUT2D eigenvalue weighted by Crippen LogP contribution is 2.28. The summed E-state index contributed by atoms with van der Waals surface area (Å²) in [5.41, 5.74) is 4.35. The van der Waals surface area contributed by atoms with E-state index in [1.807, 2.05) is 40.8 Å². The van der Waals surface area contributed by atoms with Gasteiger partial charge >= 0.3 is 0 Å². The lowest BCUT2D eigenvalue weighted by molar-refractivity contribution is 0.0619. The summed E-state index contributed by atoms with van der Waals surface area (Å²) in [5, 5.41) is 0.980. The molecule has 4 rings (SSSR count). The molecule has 2 aromatic carbocycles. The molecule has 1 saturated heterocycles. The number of carbonyl (C=O) groups excluding carboxylic acids is 1. The van der Waals surface area contributed by atoms with Crippen LogP contribution in [0.25, 0.3) is 10.9 Å². The molecular weight excluding hydrogens is 350 g/mol. The number of piperazine rings is 1. The number of nitrogens with zero attached hydrogens (tertiary/aromatic N) is 3. The van der Waals surface area contributed by atoms with E-state index < -0.39 is 0 Å². The van der Waals surface area contributed by atoms with Crippen LogP contribution in [0.1, 0.15) is 21.6 Å². The molecule has 5 heteroatoms. The van der Waals surface area contributed by atoms with E-state index in [1.165, 1.54) is 11.1 Å². The molecule has 1 aliphatic rings. The largest absolute Gasteiger partial charge is 0.496 e. The first-order valence-corrected chi connectivity index (χ1v) is 9.76. The number of aromatic nitrogens is 1. The number of hydrogen-bond donors (Lipinski definition) is 0. The third-order valence-electron chi connectivity index (χ3n) is 5.63. The zero-order chi connectivity index (χ0) is 19.7. The van der Waals surface area contributed by atoms with Crippen molar-refractivity contribution in [3.63, 3.8) is 0 Å². The van der Waals surface area contributed by atoms with Gasteiger partial charge < -0.3 is 14.2 Å². The summed E-state index contributed by atoms with van der Waals surface area (Å²) < 4.78 is 7.43. The number of benzene rings is 2. The van der Waals surface area contributed by atoms with Crippen LogP contribution in [0.3, 0.4) is 0 Å². The van der Waals surface area contributed by atoms with E-state index in [0.29, 0.717) is 5.69 Å². The minimum absolute atomic E-state index is 0.0935. The molecule has 0 bridgehead atoms. The molecule has 2 heterocycles. The number of fused-ring (bicyclic) bond motifs is 1. The van der Waals surface area contributed by atoms with E-state index in [9.17, 15) is 4.79 Å². The summed E-state index contributed by atoms with van der Waals surface area (Å²) in [7, 11) is 3.61. The number of hydrogen-bond acceptors (Lipinski definition) is 3. The van der Waals surface area contributed by atoms with Crippen LogP contribution in [0.4, 0.5) is 0 Å². The van der Waals surface area contributed by atoms with Gasteiger partial charge in [-0.3, -0.25) is 9.69 Å². The molecule has 1 fully saturated rings. The van der Waals surface area contributed by atoms with Gasteiger partial charge in [0.15, 0.2) is 0 Å². The molecule has 1 aliphatic heterocycles. The average molecular weight is 377 g/mol. The quantitative estimate of drug-likeness (QED) is 0.699. The fraction of sp³-hybridized carbons (Fsp3) is 0.348. The summed E-state index contributed by atoms with van der Waals surface area (Å²) in [5.74, 6) is 0.895. The number of aryl methyl sites for hydroxylation is 2. The Labute approximate surface area is 166 Å². The Morgan fingerprint density at radius 1 is 1.04 bits per heavy atom. The number of rotatable bonds is 4. The zero-order valence-electron chi connectivity index (χ0n) is 16.8. The molecule has 1 amide bonds. The second-order valence-electron chi connectivity index (χ2n) is 7.54. The minimum Gasteiger partial charge on any atom is -0.496 e. The molecule has 0 spiro atoms. The molecule has 0 N–H and O–H groups in total. The number of ether oxygens (including phenoxy) is 1. The van der Waals surface area contributed by atoms with Crippen molar-refractivity contribution in [2.24, 2.45) is 7.05 Å². The molecule has 28 heavy (non-hydrogen) atoms. The Kier molecular flexibility index (Phi) is 5.09. The Morgan fingerprint density at radius 2 is 1.79 bits per heavy atom. The van der Waals surface area contributed by atoms with Crippen molar-refractivity contribution in [3.8, 4) is 5.75 Å². The molecule has 3 aromatic rings. The first-order chi connectivity index (χ1) is 13.6. The van der Waals surface area contributed by atoms with Gasteiger partial charge in [-0.1, -0.05) is 35.9 Å². The second-order valence-corrected chi connectivity index (χ2v) is 7.54. The Hall–Kier alpha value is -2.79. The Bertz CT molecular complexity index is 1000. The fourth-order valence-corrected chi connectivity index (χ4v) is 4.06. The minimum atomic E-state index is 0.0935. The lowest BCUT2D eigenvalue weighted by atomic mass is 10.1. The van der Waals surface area contributed by atoms with E-state index in [1.54, 1.807) is 7.11 Å². The molecule has 1 aromatic heterocycles. The highest BCUT2D eigenvalue weighted by molar-refractivity contribution is 6.00. The van der Waals surface area contributed by atoms with Gasteiger partial charge in [-0.2, -0.15) is 0 Å². The molecule has 5 nitrogen and oxygen atoms in total. The third kappa shape index (κ3) is 3.50. The van der Waals surface area contributed by atoms with Gasteiger partial charge in [0, 0.05) is 45.2 Å². The maximum absolute atomic E-state index is 13.1. The lowest BCUT2D eigenvalue weighted by Gasteiger charge is -2.34. The SMILES string of the molecule is COc1cccc2c1cc(C(=O)N1CCN(Cc3cccc(C)c3)CC1)n2C. The van der Waals surface area contributed by atoms with Gasteiger partial charge in [0.05, 0.1) is 12.6 Å². The van der Waals surface area contributed by atoms with Gasteiger partial charge in [-0.25, -0.2) is 0 Å². The van der Waals surface area contributed by atoms with Crippen LogP contribution in [-0.2, 0) is 13.6 Å². The van der Waals surface area contributed by atoms with Gasteiger partial charge in [0.1, 0.15) is 11.4 Å². The van der Waals surface area contributed by atoms with Crippen molar-refractivity contribution in [3.05, 3.63) is 65.4 Å². The van der Waals surface area contributed by atoms with Crippen LogP contribution in [0.5, 0.6) is 5.75 Å². The normalized spacial score (nSPS) is 15.2. The van der Waals surface area contributed by atoms with Crippen LogP contribution >= 0.6 is 0 Å². The number of carbonyl (C=O) groups is 1. The van der Waals surface area contributed by atoms with Crippen LogP contribution in [0.15, 0.2) is 48.5 Å². The summed E-state index contributed by atoms with van der Waals surface area (Å²) in [6, 6.07) is 16.5. The highest BCUT2D eigenvalue weighted by atomic mass is 16.5. The Morgan fingerprint density at radius 3 is 2.50 bits per heavy atom. The van der Waals surface area contributed by atoms with Crippen LogP contribution in [0.2, 0.25) is 0 Å². The first-order valence-electron chi connectivity index (χ1n) is 9.76. The van der Waals surface area contributed by atoms with Gasteiger partial charge in [0.25, 0.3) is 5.91 Å². The van der Waals surface area contributed by atoms with Gasteiger partial charge in [0.2, 0.25) is 0 Å². The number of amides is 1. The zero-order valence-corrected chi connectivity index (χ0v) is 16.8. The van der Waals surface area contributed by atoms with E-state index in [4.69, 9.17) is 4.74 Å². The van der Waals surface area contributed by atoms with Gasteiger partial charge in [-0.05, 0) is 30.7 Å². The monoisotopic (exact) mass is 377 g/mol. The molecule has 0 atom stereocenters. The average Bonchev–Trinajstić information content (AvgIpc) is 3.05. The van der Waals surface area contributed by atoms with Crippen LogP contribution in [-0.4, -0.2) is 53.6 Å². The van der Waals surface area contributed by atoms with Gasteiger partial charge in [-0.15, -0.1) is 0 Å².